The van der Waals surface area contributed by atoms with Gasteiger partial charge in [0.25, 0.3) is 0 Å². The highest BCUT2D eigenvalue weighted by Crippen LogP contribution is 2.30. The predicted octanol–water partition coefficient (Wildman–Crippen LogP) is 1.75. The molecule has 1 aromatic carbocycles. The average Bonchev–Trinajstić information content (AvgIpc) is 3.09. The standard InChI is InChI=1S/C17H18N10O2S/c18-10-13-16(20)27-17(24-22-13)14(15(19)25-27)23-21-11-4-6-12(7-5-11)30(28,29)26-8-2-1-3-9-26/h4-7H,1-3,8-9,20H2,(H2,19,25). The van der Waals surface area contributed by atoms with Crippen LogP contribution in [0.4, 0.5) is 23.0 Å². The fraction of sp³-hybridized carbons (Fsp3) is 0.294. The van der Waals surface area contributed by atoms with Gasteiger partial charge in [0.1, 0.15) is 6.07 Å². The van der Waals surface area contributed by atoms with Crippen LogP contribution in [0.3, 0.4) is 0 Å². The molecule has 1 aliphatic heterocycles. The van der Waals surface area contributed by atoms with E-state index in [0.29, 0.717) is 18.8 Å². The van der Waals surface area contributed by atoms with Crippen LogP contribution in [-0.4, -0.2) is 45.6 Å². The monoisotopic (exact) mass is 426 g/mol. The molecule has 0 aliphatic carbocycles. The highest BCUT2D eigenvalue weighted by atomic mass is 32.2. The van der Waals surface area contributed by atoms with Gasteiger partial charge in [0.05, 0.1) is 10.6 Å². The third-order valence-corrected chi connectivity index (χ3v) is 6.65. The molecule has 12 nitrogen and oxygen atoms in total. The third kappa shape index (κ3) is 3.42. The number of nitriles is 1. The molecule has 1 aliphatic rings. The maximum Gasteiger partial charge on any atom is 0.243 e. The number of nitrogens with zero attached hydrogens (tertiary/aromatic N) is 8. The molecule has 0 radical (unpaired) electrons. The number of azo groups is 1. The summed E-state index contributed by atoms with van der Waals surface area (Å²) in [5, 5.41) is 28.7. The van der Waals surface area contributed by atoms with Crippen LogP contribution in [0.15, 0.2) is 39.4 Å². The summed E-state index contributed by atoms with van der Waals surface area (Å²) in [5.41, 5.74) is 12.3. The Morgan fingerprint density at radius 3 is 2.40 bits per heavy atom. The molecule has 13 heteroatoms. The second kappa shape index (κ2) is 7.65. The number of hydrogen-bond acceptors (Lipinski definition) is 10. The summed E-state index contributed by atoms with van der Waals surface area (Å²) >= 11 is 0. The van der Waals surface area contributed by atoms with E-state index in [-0.39, 0.29) is 33.6 Å². The lowest BCUT2D eigenvalue weighted by atomic mass is 10.2. The van der Waals surface area contributed by atoms with Crippen molar-refractivity contribution in [2.75, 3.05) is 24.6 Å². The Hall–Kier alpha value is -3.63. The van der Waals surface area contributed by atoms with Gasteiger partial charge in [0, 0.05) is 13.1 Å². The summed E-state index contributed by atoms with van der Waals surface area (Å²) in [6.45, 7) is 1.07. The van der Waals surface area contributed by atoms with Gasteiger partial charge >= 0.3 is 0 Å². The minimum absolute atomic E-state index is 0.0112. The molecule has 0 saturated carbocycles. The minimum Gasteiger partial charge on any atom is -0.381 e. The highest BCUT2D eigenvalue weighted by Gasteiger charge is 2.25. The summed E-state index contributed by atoms with van der Waals surface area (Å²) in [4.78, 5) is 0.210. The number of sulfonamides is 1. The molecule has 4 N–H and O–H groups in total. The minimum atomic E-state index is -3.51. The van der Waals surface area contributed by atoms with E-state index in [9.17, 15) is 8.42 Å². The first-order valence-electron chi connectivity index (χ1n) is 9.14. The number of aromatic nitrogens is 4. The molecular weight excluding hydrogens is 408 g/mol. The van der Waals surface area contributed by atoms with Crippen LogP contribution in [0.25, 0.3) is 5.65 Å². The number of nitrogens with two attached hydrogens (primary N) is 2. The number of fused-ring (bicyclic) bond motifs is 1. The van der Waals surface area contributed by atoms with Crippen molar-refractivity contribution in [2.45, 2.75) is 24.2 Å². The number of rotatable bonds is 4. The first kappa shape index (κ1) is 19.7. The number of benzene rings is 1. The summed E-state index contributed by atoms with van der Waals surface area (Å²) < 4.78 is 28.1. The summed E-state index contributed by atoms with van der Waals surface area (Å²) in [6.07, 6.45) is 2.79. The van der Waals surface area contributed by atoms with Crippen molar-refractivity contribution < 1.29 is 8.42 Å². The van der Waals surface area contributed by atoms with E-state index >= 15 is 0 Å². The Morgan fingerprint density at radius 1 is 1.03 bits per heavy atom. The highest BCUT2D eigenvalue weighted by molar-refractivity contribution is 7.89. The molecule has 0 atom stereocenters. The lowest BCUT2D eigenvalue weighted by Gasteiger charge is -2.25. The van der Waals surface area contributed by atoms with Gasteiger partial charge < -0.3 is 11.5 Å². The van der Waals surface area contributed by atoms with Gasteiger partial charge in [-0.15, -0.1) is 20.4 Å². The van der Waals surface area contributed by atoms with Crippen LogP contribution < -0.4 is 11.5 Å². The zero-order valence-corrected chi connectivity index (χ0v) is 16.6. The molecule has 1 saturated heterocycles. The van der Waals surface area contributed by atoms with E-state index < -0.39 is 10.0 Å². The molecule has 2 aromatic heterocycles. The molecule has 3 aromatic rings. The maximum atomic E-state index is 12.7. The van der Waals surface area contributed by atoms with Gasteiger partial charge in [-0.3, -0.25) is 0 Å². The maximum absolute atomic E-state index is 12.7. The van der Waals surface area contributed by atoms with E-state index in [0.717, 1.165) is 19.3 Å². The Morgan fingerprint density at radius 2 is 1.73 bits per heavy atom. The molecule has 0 unspecified atom stereocenters. The molecule has 1 fully saturated rings. The van der Waals surface area contributed by atoms with Crippen molar-refractivity contribution in [1.82, 2.24) is 24.1 Å². The Bertz CT molecular complexity index is 1270. The molecule has 0 amide bonds. The van der Waals surface area contributed by atoms with Crippen molar-refractivity contribution in [3.63, 3.8) is 0 Å². The second-order valence-corrected chi connectivity index (χ2v) is 8.61. The van der Waals surface area contributed by atoms with Crippen LogP contribution in [0, 0.1) is 11.3 Å². The summed E-state index contributed by atoms with van der Waals surface area (Å²) in [6, 6.07) is 7.90. The molecule has 3 heterocycles. The molecule has 30 heavy (non-hydrogen) atoms. The Labute approximate surface area is 171 Å². The molecule has 154 valence electrons. The molecule has 4 rings (SSSR count). The van der Waals surface area contributed by atoms with Crippen LogP contribution in [0.5, 0.6) is 0 Å². The third-order valence-electron chi connectivity index (χ3n) is 4.74. The zero-order valence-electron chi connectivity index (χ0n) is 15.8. The number of piperidine rings is 1. The fourth-order valence-electron chi connectivity index (χ4n) is 3.15. The van der Waals surface area contributed by atoms with Crippen LogP contribution in [-0.2, 0) is 10.0 Å². The first-order chi connectivity index (χ1) is 14.4. The van der Waals surface area contributed by atoms with Crippen molar-refractivity contribution in [3.8, 4) is 6.07 Å². The summed E-state index contributed by atoms with van der Waals surface area (Å²) in [5.74, 6) is 0.00191. The SMILES string of the molecule is N#Cc1nnc2c(N=Nc3ccc(S(=O)(=O)N4CCCCC4)cc3)c(N)nn2c1N. The molecular formula is C17H18N10O2S. The van der Waals surface area contributed by atoms with Gasteiger partial charge in [-0.05, 0) is 37.1 Å². The van der Waals surface area contributed by atoms with Gasteiger partial charge in [-0.1, -0.05) is 6.42 Å². The lowest BCUT2D eigenvalue weighted by Crippen LogP contribution is -2.35. The largest absolute Gasteiger partial charge is 0.381 e. The lowest BCUT2D eigenvalue weighted by molar-refractivity contribution is 0.346. The quantitative estimate of drug-likeness (QED) is 0.591. The Kier molecular flexibility index (Phi) is 5.02. The molecule has 0 bridgehead atoms. The smallest absolute Gasteiger partial charge is 0.243 e. The van der Waals surface area contributed by atoms with Crippen LogP contribution in [0.1, 0.15) is 25.0 Å². The zero-order chi connectivity index (χ0) is 21.3. The normalized spacial score (nSPS) is 15.6. The van der Waals surface area contributed by atoms with Crippen molar-refractivity contribution in [3.05, 3.63) is 30.0 Å². The number of nitrogen functional groups attached to an aromatic ring is 2. The number of hydrogen-bond donors (Lipinski definition) is 2. The van der Waals surface area contributed by atoms with Gasteiger partial charge in [-0.25, -0.2) is 8.42 Å². The van der Waals surface area contributed by atoms with Gasteiger partial charge in [0.15, 0.2) is 17.3 Å². The number of anilines is 2. The van der Waals surface area contributed by atoms with E-state index in [1.165, 1.54) is 21.0 Å². The fourth-order valence-corrected chi connectivity index (χ4v) is 4.66. The van der Waals surface area contributed by atoms with E-state index in [1.54, 1.807) is 12.1 Å². The van der Waals surface area contributed by atoms with Crippen LogP contribution in [0.2, 0.25) is 0 Å². The van der Waals surface area contributed by atoms with Crippen LogP contribution >= 0.6 is 0 Å². The first-order valence-corrected chi connectivity index (χ1v) is 10.6. The summed E-state index contributed by atoms with van der Waals surface area (Å²) in [7, 11) is -3.51. The van der Waals surface area contributed by atoms with Gasteiger partial charge in [-0.2, -0.15) is 19.2 Å². The second-order valence-electron chi connectivity index (χ2n) is 6.67. The topological polar surface area (TPSA) is 181 Å². The average molecular weight is 426 g/mol. The Balaban J connectivity index is 1.60. The van der Waals surface area contributed by atoms with Crippen molar-refractivity contribution in [1.29, 1.82) is 5.26 Å². The molecule has 0 spiro atoms. The van der Waals surface area contributed by atoms with E-state index in [1.807, 2.05) is 6.07 Å². The van der Waals surface area contributed by atoms with E-state index in [4.69, 9.17) is 16.7 Å². The van der Waals surface area contributed by atoms with Crippen molar-refractivity contribution in [2.24, 2.45) is 10.2 Å². The van der Waals surface area contributed by atoms with E-state index in [2.05, 4.69) is 25.5 Å². The van der Waals surface area contributed by atoms with Gasteiger partial charge in [0.2, 0.25) is 21.4 Å². The predicted molar refractivity (Wildman–Crippen MR) is 108 cm³/mol. The van der Waals surface area contributed by atoms with Crippen molar-refractivity contribution >= 4 is 38.7 Å².